The summed E-state index contributed by atoms with van der Waals surface area (Å²) in [6.07, 6.45) is 7.83. The minimum atomic E-state index is -0.292. The molecule has 1 amide bonds. The van der Waals surface area contributed by atoms with Crippen molar-refractivity contribution in [2.45, 2.75) is 70.1 Å². The van der Waals surface area contributed by atoms with E-state index in [9.17, 15) is 4.79 Å². The fraction of sp³-hybridized carbons (Fsp3) is 0.929. The Labute approximate surface area is 122 Å². The number of rotatable bonds is 7. The Bertz CT molecular complexity index is 279. The second-order valence-corrected chi connectivity index (χ2v) is 5.69. The van der Waals surface area contributed by atoms with Gasteiger partial charge in [0.05, 0.1) is 6.10 Å². The first-order valence-electron chi connectivity index (χ1n) is 7.39. The maximum absolute atomic E-state index is 12.0. The van der Waals surface area contributed by atoms with Gasteiger partial charge in [0.15, 0.2) is 0 Å². The van der Waals surface area contributed by atoms with Gasteiger partial charge in [-0.15, -0.1) is 12.4 Å². The predicted octanol–water partition coefficient (Wildman–Crippen LogP) is 2.00. The Balaban J connectivity index is 0.00000180. The molecule has 2 saturated carbocycles. The van der Waals surface area contributed by atoms with Crippen LogP contribution in [0.1, 0.15) is 51.9 Å². The van der Waals surface area contributed by atoms with Crippen LogP contribution in [0.3, 0.4) is 0 Å². The van der Waals surface area contributed by atoms with Crippen molar-refractivity contribution >= 4 is 18.3 Å². The van der Waals surface area contributed by atoms with Gasteiger partial charge in [0, 0.05) is 12.6 Å². The van der Waals surface area contributed by atoms with Crippen molar-refractivity contribution < 1.29 is 9.53 Å². The van der Waals surface area contributed by atoms with Crippen LogP contribution in [-0.2, 0) is 9.53 Å². The lowest BCUT2D eigenvalue weighted by Crippen LogP contribution is -2.44. The first kappa shape index (κ1) is 16.7. The summed E-state index contributed by atoms with van der Waals surface area (Å²) in [5.74, 6) is 0.640. The molecule has 2 aliphatic carbocycles. The van der Waals surface area contributed by atoms with E-state index in [0.717, 1.165) is 19.3 Å². The van der Waals surface area contributed by atoms with Gasteiger partial charge in [0.25, 0.3) is 0 Å². The van der Waals surface area contributed by atoms with Crippen LogP contribution in [0, 0.1) is 5.92 Å². The molecule has 0 radical (unpaired) electrons. The van der Waals surface area contributed by atoms with Crippen LogP contribution in [0.15, 0.2) is 0 Å². The maximum Gasteiger partial charge on any atom is 0.249 e. The van der Waals surface area contributed by atoms with Crippen LogP contribution in [0.5, 0.6) is 0 Å². The van der Waals surface area contributed by atoms with Gasteiger partial charge in [-0.1, -0.05) is 19.8 Å². The zero-order chi connectivity index (χ0) is 13.0. The third-order valence-electron chi connectivity index (χ3n) is 4.06. The highest BCUT2D eigenvalue weighted by atomic mass is 35.5. The largest absolute Gasteiger partial charge is 0.365 e. The van der Waals surface area contributed by atoms with E-state index in [2.05, 4.69) is 5.32 Å². The molecule has 2 atom stereocenters. The molecular formula is C14H27ClN2O2. The molecule has 2 unspecified atom stereocenters. The van der Waals surface area contributed by atoms with E-state index in [1.54, 1.807) is 0 Å². The zero-order valence-corrected chi connectivity index (χ0v) is 12.6. The van der Waals surface area contributed by atoms with Crippen LogP contribution in [0.25, 0.3) is 0 Å². The van der Waals surface area contributed by atoms with E-state index in [0.29, 0.717) is 12.5 Å². The van der Waals surface area contributed by atoms with Crippen molar-refractivity contribution in [1.82, 2.24) is 5.32 Å². The molecule has 2 rings (SSSR count). The maximum atomic E-state index is 12.0. The number of carbonyl (C=O) groups excluding carboxylic acids is 1. The number of hydrogen-bond donors (Lipinski definition) is 2. The average Bonchev–Trinajstić information content (AvgIpc) is 3.11. The first-order valence-corrected chi connectivity index (χ1v) is 7.39. The van der Waals surface area contributed by atoms with Crippen LogP contribution in [-0.4, -0.2) is 30.7 Å². The van der Waals surface area contributed by atoms with Gasteiger partial charge in [0.1, 0.15) is 6.10 Å². The second kappa shape index (κ2) is 8.08. The van der Waals surface area contributed by atoms with Crippen LogP contribution >= 0.6 is 12.4 Å². The molecule has 19 heavy (non-hydrogen) atoms. The number of hydrogen-bond acceptors (Lipinski definition) is 3. The Morgan fingerprint density at radius 3 is 2.47 bits per heavy atom. The van der Waals surface area contributed by atoms with Crippen LogP contribution < -0.4 is 11.1 Å². The van der Waals surface area contributed by atoms with Crippen molar-refractivity contribution in [3.8, 4) is 0 Å². The number of nitrogens with one attached hydrogen (secondary N) is 1. The summed E-state index contributed by atoms with van der Waals surface area (Å²) in [7, 11) is 0. The van der Waals surface area contributed by atoms with Gasteiger partial charge in [0.2, 0.25) is 5.91 Å². The normalized spacial score (nSPS) is 22.6. The number of ether oxygens (including phenoxy) is 1. The molecule has 2 aliphatic rings. The number of halogens is 1. The quantitative estimate of drug-likeness (QED) is 0.754. The van der Waals surface area contributed by atoms with Crippen molar-refractivity contribution in [3.05, 3.63) is 0 Å². The Hall–Kier alpha value is -0.320. The lowest BCUT2D eigenvalue weighted by Gasteiger charge is -2.21. The summed E-state index contributed by atoms with van der Waals surface area (Å²) in [6, 6.07) is 0.123. The van der Waals surface area contributed by atoms with Crippen LogP contribution in [0.4, 0.5) is 0 Å². The molecule has 0 bridgehead atoms. The van der Waals surface area contributed by atoms with E-state index in [-0.39, 0.29) is 36.6 Å². The minimum absolute atomic E-state index is 0. The van der Waals surface area contributed by atoms with Crippen molar-refractivity contribution in [1.29, 1.82) is 0 Å². The molecule has 0 aromatic rings. The highest BCUT2D eigenvalue weighted by molar-refractivity contribution is 5.85. The summed E-state index contributed by atoms with van der Waals surface area (Å²) < 4.78 is 5.88. The second-order valence-electron chi connectivity index (χ2n) is 5.69. The zero-order valence-electron chi connectivity index (χ0n) is 11.8. The lowest BCUT2D eigenvalue weighted by atomic mass is 10.2. The van der Waals surface area contributed by atoms with Gasteiger partial charge in [-0.05, 0) is 38.0 Å². The minimum Gasteiger partial charge on any atom is -0.365 e. The smallest absolute Gasteiger partial charge is 0.249 e. The number of carbonyl (C=O) groups is 1. The third-order valence-corrected chi connectivity index (χ3v) is 4.06. The topological polar surface area (TPSA) is 64.3 Å². The summed E-state index contributed by atoms with van der Waals surface area (Å²) in [5.41, 5.74) is 5.98. The monoisotopic (exact) mass is 290 g/mol. The molecule has 0 aromatic carbocycles. The molecule has 0 heterocycles. The highest BCUT2D eigenvalue weighted by Crippen LogP contribution is 2.31. The van der Waals surface area contributed by atoms with Crippen molar-refractivity contribution in [3.63, 3.8) is 0 Å². The summed E-state index contributed by atoms with van der Waals surface area (Å²) >= 11 is 0. The summed E-state index contributed by atoms with van der Waals surface area (Å²) in [5, 5.41) is 2.94. The first-order chi connectivity index (χ1) is 8.70. The van der Waals surface area contributed by atoms with Gasteiger partial charge in [-0.3, -0.25) is 4.79 Å². The number of nitrogens with two attached hydrogens (primary N) is 1. The molecule has 0 saturated heterocycles. The fourth-order valence-electron chi connectivity index (χ4n) is 2.62. The van der Waals surface area contributed by atoms with Gasteiger partial charge < -0.3 is 15.8 Å². The molecule has 112 valence electrons. The Morgan fingerprint density at radius 1 is 1.32 bits per heavy atom. The lowest BCUT2D eigenvalue weighted by molar-refractivity contribution is -0.136. The Kier molecular flexibility index (Phi) is 7.11. The van der Waals surface area contributed by atoms with Crippen molar-refractivity contribution in [2.24, 2.45) is 11.7 Å². The fourth-order valence-corrected chi connectivity index (χ4v) is 2.62. The third kappa shape index (κ3) is 5.28. The van der Waals surface area contributed by atoms with Crippen LogP contribution in [0.2, 0.25) is 0 Å². The van der Waals surface area contributed by atoms with E-state index < -0.39 is 0 Å². The molecule has 0 spiro atoms. The Morgan fingerprint density at radius 2 is 1.95 bits per heavy atom. The van der Waals surface area contributed by atoms with E-state index in [1.807, 2.05) is 6.92 Å². The summed E-state index contributed by atoms with van der Waals surface area (Å²) in [6.45, 7) is 2.59. The molecule has 4 nitrogen and oxygen atoms in total. The van der Waals surface area contributed by atoms with E-state index in [1.165, 1.54) is 25.7 Å². The molecule has 3 N–H and O–H groups in total. The predicted molar refractivity (Wildman–Crippen MR) is 78.4 cm³/mol. The van der Waals surface area contributed by atoms with Gasteiger partial charge >= 0.3 is 0 Å². The van der Waals surface area contributed by atoms with Crippen molar-refractivity contribution in [2.75, 3.05) is 6.54 Å². The molecule has 0 aromatic heterocycles. The van der Waals surface area contributed by atoms with E-state index >= 15 is 0 Å². The molecular weight excluding hydrogens is 264 g/mol. The highest BCUT2D eigenvalue weighted by Gasteiger charge is 2.29. The standard InChI is InChI=1S/C14H26N2O2.ClH/c1-2-13(18-11-5-3-4-6-11)14(17)16-9-12(15)10-7-8-10;/h10-13H,2-9,15H2,1H3,(H,16,17);1H. The molecule has 0 aliphatic heterocycles. The average molecular weight is 291 g/mol. The van der Waals surface area contributed by atoms with E-state index in [4.69, 9.17) is 10.5 Å². The van der Waals surface area contributed by atoms with Gasteiger partial charge in [-0.25, -0.2) is 0 Å². The molecule has 5 heteroatoms. The van der Waals surface area contributed by atoms with Gasteiger partial charge in [-0.2, -0.15) is 0 Å². The SMILES string of the molecule is CCC(OC1CCCC1)C(=O)NCC(N)C1CC1.Cl. The summed E-state index contributed by atoms with van der Waals surface area (Å²) in [4.78, 5) is 12.0. The molecule has 2 fully saturated rings. The number of amides is 1.